The van der Waals surface area contributed by atoms with Crippen LogP contribution >= 0.6 is 15.9 Å². The van der Waals surface area contributed by atoms with E-state index in [1.54, 1.807) is 12.1 Å². The highest BCUT2D eigenvalue weighted by Gasteiger charge is 2.31. The molecule has 0 spiro atoms. The number of hydrogen-bond donors (Lipinski definition) is 0. The van der Waals surface area contributed by atoms with Crippen molar-refractivity contribution >= 4 is 21.6 Å². The standard InChI is InChI=1S/C15H21BrFN/c1-10-7-11(2)12(3)18(9-10)15-13(8-16)5-4-6-14(15)17/h4-6,10-12H,7-9H2,1-3H3. The van der Waals surface area contributed by atoms with Crippen LogP contribution in [0.3, 0.4) is 0 Å². The zero-order chi connectivity index (χ0) is 13.3. The van der Waals surface area contributed by atoms with Gasteiger partial charge >= 0.3 is 0 Å². The molecule has 1 aliphatic rings. The first kappa shape index (κ1) is 13.9. The van der Waals surface area contributed by atoms with E-state index in [9.17, 15) is 4.39 Å². The van der Waals surface area contributed by atoms with Crippen LogP contribution in [0.25, 0.3) is 0 Å². The van der Waals surface area contributed by atoms with Crippen LogP contribution in [-0.4, -0.2) is 12.6 Å². The topological polar surface area (TPSA) is 3.24 Å². The third kappa shape index (κ3) is 2.56. The number of nitrogens with zero attached hydrogens (tertiary/aromatic N) is 1. The maximum atomic E-state index is 14.2. The Kier molecular flexibility index (Phi) is 4.31. The molecule has 0 bridgehead atoms. The van der Waals surface area contributed by atoms with Gasteiger partial charge in [0.15, 0.2) is 0 Å². The Hall–Kier alpha value is -0.570. The number of benzene rings is 1. The summed E-state index contributed by atoms with van der Waals surface area (Å²) >= 11 is 3.47. The van der Waals surface area contributed by atoms with Crippen LogP contribution in [0.15, 0.2) is 18.2 Å². The molecule has 18 heavy (non-hydrogen) atoms. The predicted molar refractivity (Wildman–Crippen MR) is 78.8 cm³/mol. The van der Waals surface area contributed by atoms with E-state index in [1.807, 2.05) is 6.07 Å². The lowest BCUT2D eigenvalue weighted by Crippen LogP contribution is -2.46. The van der Waals surface area contributed by atoms with Crippen LogP contribution in [0.4, 0.5) is 10.1 Å². The first-order valence-corrected chi connectivity index (χ1v) is 7.76. The molecule has 1 fully saturated rings. The van der Waals surface area contributed by atoms with Crippen LogP contribution < -0.4 is 4.90 Å². The molecule has 1 aliphatic heterocycles. The summed E-state index contributed by atoms with van der Waals surface area (Å²) in [6, 6.07) is 5.76. The third-order valence-corrected chi connectivity index (χ3v) is 4.70. The largest absolute Gasteiger partial charge is 0.366 e. The number of halogens is 2. The van der Waals surface area contributed by atoms with E-state index in [4.69, 9.17) is 0 Å². The van der Waals surface area contributed by atoms with Crippen molar-refractivity contribution in [3.05, 3.63) is 29.6 Å². The molecule has 3 unspecified atom stereocenters. The number of rotatable bonds is 2. The Morgan fingerprint density at radius 1 is 1.33 bits per heavy atom. The summed E-state index contributed by atoms with van der Waals surface area (Å²) in [6.07, 6.45) is 1.23. The second-order valence-corrected chi connectivity index (χ2v) is 6.15. The van der Waals surface area contributed by atoms with Gasteiger partial charge in [-0.15, -0.1) is 0 Å². The summed E-state index contributed by atoms with van der Waals surface area (Å²) in [5.74, 6) is 1.13. The Balaban J connectivity index is 2.40. The van der Waals surface area contributed by atoms with Crippen molar-refractivity contribution in [1.82, 2.24) is 0 Å². The van der Waals surface area contributed by atoms with Gasteiger partial charge in [-0.2, -0.15) is 0 Å². The van der Waals surface area contributed by atoms with Crippen LogP contribution in [-0.2, 0) is 5.33 Å². The lowest BCUT2D eigenvalue weighted by Gasteiger charge is -2.43. The second kappa shape index (κ2) is 5.60. The molecule has 0 amide bonds. The zero-order valence-electron chi connectivity index (χ0n) is 11.3. The number of hydrogen-bond acceptors (Lipinski definition) is 1. The van der Waals surface area contributed by atoms with Gasteiger partial charge in [0.1, 0.15) is 5.82 Å². The molecule has 0 radical (unpaired) electrons. The summed E-state index contributed by atoms with van der Waals surface area (Å²) in [5.41, 5.74) is 1.84. The summed E-state index contributed by atoms with van der Waals surface area (Å²) in [6.45, 7) is 7.68. The highest BCUT2D eigenvalue weighted by atomic mass is 79.9. The van der Waals surface area contributed by atoms with E-state index in [-0.39, 0.29) is 5.82 Å². The van der Waals surface area contributed by atoms with Gasteiger partial charge in [0, 0.05) is 17.9 Å². The predicted octanol–water partition coefficient (Wildman–Crippen LogP) is 4.59. The van der Waals surface area contributed by atoms with Gasteiger partial charge in [0.05, 0.1) is 5.69 Å². The molecule has 1 aromatic carbocycles. The van der Waals surface area contributed by atoms with Gasteiger partial charge < -0.3 is 4.90 Å². The van der Waals surface area contributed by atoms with Gasteiger partial charge in [0.2, 0.25) is 0 Å². The summed E-state index contributed by atoms with van der Waals surface area (Å²) in [4.78, 5) is 2.25. The summed E-state index contributed by atoms with van der Waals surface area (Å²) in [5, 5.41) is 0.700. The highest BCUT2D eigenvalue weighted by molar-refractivity contribution is 9.08. The van der Waals surface area contributed by atoms with E-state index in [2.05, 4.69) is 41.6 Å². The minimum Gasteiger partial charge on any atom is -0.366 e. The van der Waals surface area contributed by atoms with E-state index in [0.29, 0.717) is 23.2 Å². The lowest BCUT2D eigenvalue weighted by molar-refractivity contribution is 0.295. The van der Waals surface area contributed by atoms with Crippen molar-refractivity contribution in [3.63, 3.8) is 0 Å². The minimum atomic E-state index is -0.0971. The fourth-order valence-electron chi connectivity index (χ4n) is 3.00. The van der Waals surface area contributed by atoms with Crippen molar-refractivity contribution in [2.45, 2.75) is 38.6 Å². The van der Waals surface area contributed by atoms with Crippen LogP contribution in [0.2, 0.25) is 0 Å². The van der Waals surface area contributed by atoms with Crippen molar-refractivity contribution in [2.24, 2.45) is 11.8 Å². The molecule has 3 heteroatoms. The first-order chi connectivity index (χ1) is 8.54. The first-order valence-electron chi connectivity index (χ1n) is 6.64. The number of alkyl halides is 1. The number of para-hydroxylation sites is 1. The highest BCUT2D eigenvalue weighted by Crippen LogP contribution is 2.35. The molecule has 1 heterocycles. The maximum absolute atomic E-state index is 14.2. The van der Waals surface area contributed by atoms with Crippen LogP contribution in [0, 0.1) is 17.7 Å². The van der Waals surface area contributed by atoms with Gasteiger partial charge in [-0.25, -0.2) is 4.39 Å². The molecule has 0 saturated carbocycles. The minimum absolute atomic E-state index is 0.0971. The quantitative estimate of drug-likeness (QED) is 0.722. The van der Waals surface area contributed by atoms with Gasteiger partial charge in [-0.1, -0.05) is 41.9 Å². The molecule has 3 atom stereocenters. The maximum Gasteiger partial charge on any atom is 0.146 e. The molecule has 2 rings (SSSR count). The van der Waals surface area contributed by atoms with Gasteiger partial charge in [-0.05, 0) is 36.8 Å². The monoisotopic (exact) mass is 313 g/mol. The van der Waals surface area contributed by atoms with Crippen molar-refractivity contribution in [3.8, 4) is 0 Å². The molecular weight excluding hydrogens is 293 g/mol. The SMILES string of the molecule is CC1CC(C)C(C)N(c2c(F)cccc2CBr)C1. The van der Waals surface area contributed by atoms with Gasteiger partial charge in [0.25, 0.3) is 0 Å². The Morgan fingerprint density at radius 2 is 2.06 bits per heavy atom. The Bertz CT molecular complexity index is 421. The fourth-order valence-corrected chi connectivity index (χ4v) is 3.45. The second-order valence-electron chi connectivity index (χ2n) is 5.59. The fraction of sp³-hybridized carbons (Fsp3) is 0.600. The zero-order valence-corrected chi connectivity index (χ0v) is 12.9. The van der Waals surface area contributed by atoms with Gasteiger partial charge in [-0.3, -0.25) is 0 Å². The Morgan fingerprint density at radius 3 is 2.72 bits per heavy atom. The smallest absolute Gasteiger partial charge is 0.146 e. The van der Waals surface area contributed by atoms with E-state index >= 15 is 0 Å². The molecule has 0 aromatic heterocycles. The Labute approximate surface area is 118 Å². The molecule has 0 N–H and O–H groups in total. The normalized spacial score (nSPS) is 28.5. The molecule has 1 aromatic rings. The van der Waals surface area contributed by atoms with E-state index in [0.717, 1.165) is 17.8 Å². The van der Waals surface area contributed by atoms with Crippen LogP contribution in [0.1, 0.15) is 32.8 Å². The molecule has 1 saturated heterocycles. The number of piperidine rings is 1. The summed E-state index contributed by atoms with van der Waals surface area (Å²) in [7, 11) is 0. The average Bonchev–Trinajstić information content (AvgIpc) is 2.33. The third-order valence-electron chi connectivity index (χ3n) is 4.10. The molecule has 0 aliphatic carbocycles. The number of anilines is 1. The van der Waals surface area contributed by atoms with Crippen molar-refractivity contribution < 1.29 is 4.39 Å². The average molecular weight is 314 g/mol. The molecule has 100 valence electrons. The molecular formula is C15H21BrFN. The van der Waals surface area contributed by atoms with Crippen LogP contribution in [0.5, 0.6) is 0 Å². The van der Waals surface area contributed by atoms with E-state index in [1.165, 1.54) is 6.42 Å². The molecule has 1 nitrogen and oxygen atoms in total. The van der Waals surface area contributed by atoms with Crippen molar-refractivity contribution in [2.75, 3.05) is 11.4 Å². The summed E-state index contributed by atoms with van der Waals surface area (Å²) < 4.78 is 14.2. The van der Waals surface area contributed by atoms with Crippen molar-refractivity contribution in [1.29, 1.82) is 0 Å². The lowest BCUT2D eigenvalue weighted by atomic mass is 9.85. The van der Waals surface area contributed by atoms with E-state index < -0.39 is 0 Å².